The molecule has 0 aliphatic heterocycles. The van der Waals surface area contributed by atoms with Gasteiger partial charge >= 0.3 is 24.4 Å². The van der Waals surface area contributed by atoms with Gasteiger partial charge in [0.15, 0.2) is 0 Å². The van der Waals surface area contributed by atoms with Crippen LogP contribution in [0.2, 0.25) is 0 Å². The van der Waals surface area contributed by atoms with E-state index in [0.717, 1.165) is 46.5 Å². The van der Waals surface area contributed by atoms with Crippen molar-refractivity contribution < 1.29 is 35.9 Å². The molecule has 12 heteroatoms. The molecular weight excluding hydrogens is 562 g/mol. The van der Waals surface area contributed by atoms with Crippen LogP contribution in [0.4, 0.5) is 58.7 Å². The molecule has 0 unspecified atom stereocenters. The van der Waals surface area contributed by atoms with Gasteiger partial charge < -0.3 is 21.3 Å². The average Bonchev–Trinajstić information content (AvgIpc) is 2.88. The second-order valence-electron chi connectivity index (χ2n) is 9.37. The lowest BCUT2D eigenvalue weighted by molar-refractivity contribution is -0.138. The summed E-state index contributed by atoms with van der Waals surface area (Å²) in [6, 6.07) is 17.4. The van der Waals surface area contributed by atoms with E-state index in [1.54, 1.807) is 36.4 Å². The molecule has 0 aliphatic carbocycles. The Morgan fingerprint density at radius 1 is 0.500 bits per heavy atom. The second kappa shape index (κ2) is 11.9. The standard InChI is InChI=1S/C30H24F6N4O2/c1-17-13-23(39-27(41)37-21-7-3-5-19(15-21)29(31,32)33)9-11-25(17)26-12-10-24(14-18(26)2)40-28(42)38-22-8-4-6-20(16-22)30(34,35)36/h3-16H,1-2H3,(H2,37,39,41)(H2,38,40,42). The van der Waals surface area contributed by atoms with E-state index in [2.05, 4.69) is 21.3 Å². The molecule has 0 atom stereocenters. The number of urea groups is 2. The minimum absolute atomic E-state index is 0.0106. The first-order chi connectivity index (χ1) is 19.7. The third-order valence-corrected chi connectivity index (χ3v) is 6.15. The topological polar surface area (TPSA) is 82.3 Å². The van der Waals surface area contributed by atoms with Gasteiger partial charge in [0.1, 0.15) is 0 Å². The van der Waals surface area contributed by atoms with Crippen LogP contribution in [-0.4, -0.2) is 12.1 Å². The first-order valence-electron chi connectivity index (χ1n) is 12.4. The van der Waals surface area contributed by atoms with Gasteiger partial charge in [0.05, 0.1) is 11.1 Å². The van der Waals surface area contributed by atoms with Crippen LogP contribution in [0.25, 0.3) is 11.1 Å². The molecule has 0 fully saturated rings. The minimum Gasteiger partial charge on any atom is -0.308 e. The van der Waals surface area contributed by atoms with E-state index in [0.29, 0.717) is 11.4 Å². The second-order valence-corrected chi connectivity index (χ2v) is 9.37. The largest absolute Gasteiger partial charge is 0.416 e. The zero-order valence-corrected chi connectivity index (χ0v) is 22.2. The molecule has 42 heavy (non-hydrogen) atoms. The molecule has 0 heterocycles. The molecule has 4 rings (SSSR count). The first-order valence-corrected chi connectivity index (χ1v) is 12.4. The number of benzene rings is 4. The van der Waals surface area contributed by atoms with Gasteiger partial charge in [-0.3, -0.25) is 0 Å². The summed E-state index contributed by atoms with van der Waals surface area (Å²) in [6.45, 7) is 3.64. The number of rotatable bonds is 5. The summed E-state index contributed by atoms with van der Waals surface area (Å²) in [5.41, 5.74) is 2.29. The lowest BCUT2D eigenvalue weighted by Gasteiger charge is -2.15. The molecule has 0 radical (unpaired) electrons. The van der Waals surface area contributed by atoms with Crippen molar-refractivity contribution in [1.29, 1.82) is 0 Å². The number of carbonyl (C=O) groups is 2. The van der Waals surface area contributed by atoms with Gasteiger partial charge in [-0.2, -0.15) is 26.3 Å². The summed E-state index contributed by atoms with van der Waals surface area (Å²) in [7, 11) is 0. The molecule has 0 bridgehead atoms. The van der Waals surface area contributed by atoms with Crippen molar-refractivity contribution >= 4 is 34.8 Å². The van der Waals surface area contributed by atoms with E-state index < -0.39 is 35.5 Å². The Morgan fingerprint density at radius 3 is 1.14 bits per heavy atom. The summed E-state index contributed by atoms with van der Waals surface area (Å²) < 4.78 is 77.5. The molecule has 4 aromatic carbocycles. The SMILES string of the molecule is Cc1cc(NC(=O)Nc2cccc(C(F)(F)F)c2)ccc1-c1ccc(NC(=O)Nc2cccc(C(F)(F)F)c2)cc1C. The van der Waals surface area contributed by atoms with Crippen molar-refractivity contribution in [1.82, 2.24) is 0 Å². The maximum Gasteiger partial charge on any atom is 0.416 e. The van der Waals surface area contributed by atoms with Crippen molar-refractivity contribution in [2.45, 2.75) is 26.2 Å². The van der Waals surface area contributed by atoms with Crippen LogP contribution in [0.1, 0.15) is 22.3 Å². The van der Waals surface area contributed by atoms with Crippen LogP contribution < -0.4 is 21.3 Å². The zero-order chi connectivity index (χ0) is 30.7. The van der Waals surface area contributed by atoms with Crippen LogP contribution in [-0.2, 0) is 12.4 Å². The van der Waals surface area contributed by atoms with E-state index in [1.165, 1.54) is 24.3 Å². The number of anilines is 4. The molecule has 0 saturated heterocycles. The molecule has 0 aliphatic rings. The van der Waals surface area contributed by atoms with Gasteiger partial charge in [0.2, 0.25) is 0 Å². The third kappa shape index (κ3) is 7.59. The lowest BCUT2D eigenvalue weighted by atomic mass is 9.96. The number of carbonyl (C=O) groups excluding carboxylic acids is 2. The van der Waals surface area contributed by atoms with Gasteiger partial charge in [-0.05, 0) is 96.8 Å². The first kappa shape index (κ1) is 30.0. The number of amides is 4. The highest BCUT2D eigenvalue weighted by atomic mass is 19.4. The molecule has 4 amide bonds. The highest BCUT2D eigenvalue weighted by Gasteiger charge is 2.31. The Bertz CT molecular complexity index is 1510. The van der Waals surface area contributed by atoms with Crippen molar-refractivity contribution in [3.05, 3.63) is 107 Å². The van der Waals surface area contributed by atoms with Crippen molar-refractivity contribution in [2.24, 2.45) is 0 Å². The van der Waals surface area contributed by atoms with Crippen LogP contribution in [0.15, 0.2) is 84.9 Å². The summed E-state index contributed by atoms with van der Waals surface area (Å²) in [6.07, 6.45) is -9.07. The van der Waals surface area contributed by atoms with Gasteiger partial charge in [0.25, 0.3) is 0 Å². The molecule has 4 N–H and O–H groups in total. The summed E-state index contributed by atoms with van der Waals surface area (Å²) in [4.78, 5) is 24.7. The van der Waals surface area contributed by atoms with E-state index >= 15 is 0 Å². The fourth-order valence-corrected chi connectivity index (χ4v) is 4.22. The number of halogens is 6. The Labute approximate surface area is 236 Å². The maximum atomic E-state index is 12.9. The van der Waals surface area contributed by atoms with Crippen LogP contribution >= 0.6 is 0 Å². The minimum atomic E-state index is -4.54. The van der Waals surface area contributed by atoms with Gasteiger partial charge in [-0.25, -0.2) is 9.59 Å². The fourth-order valence-electron chi connectivity index (χ4n) is 4.22. The predicted molar refractivity (Wildman–Crippen MR) is 150 cm³/mol. The van der Waals surface area contributed by atoms with Crippen molar-refractivity contribution in [2.75, 3.05) is 21.3 Å². The molecule has 6 nitrogen and oxygen atoms in total. The number of hydrogen-bond donors (Lipinski definition) is 4. The Hall–Kier alpha value is -5.00. The molecule has 0 aromatic heterocycles. The van der Waals surface area contributed by atoms with Gasteiger partial charge in [0, 0.05) is 22.7 Å². The molecule has 4 aromatic rings. The van der Waals surface area contributed by atoms with E-state index in [-0.39, 0.29) is 11.4 Å². The Balaban J connectivity index is 1.40. The average molecular weight is 587 g/mol. The zero-order valence-electron chi connectivity index (χ0n) is 22.2. The van der Waals surface area contributed by atoms with Gasteiger partial charge in [-0.1, -0.05) is 24.3 Å². The highest BCUT2D eigenvalue weighted by molar-refractivity contribution is 6.01. The molecule has 0 saturated carbocycles. The number of nitrogens with one attached hydrogen (secondary N) is 4. The van der Waals surface area contributed by atoms with Gasteiger partial charge in [-0.15, -0.1) is 0 Å². The molecule has 0 spiro atoms. The quantitative estimate of drug-likeness (QED) is 0.176. The Morgan fingerprint density at radius 2 is 0.833 bits per heavy atom. The third-order valence-electron chi connectivity index (χ3n) is 6.15. The summed E-state index contributed by atoms with van der Waals surface area (Å²) >= 11 is 0. The fraction of sp³-hybridized carbons (Fsp3) is 0.133. The van der Waals surface area contributed by atoms with E-state index in [1.807, 2.05) is 13.8 Å². The van der Waals surface area contributed by atoms with Crippen molar-refractivity contribution in [3.63, 3.8) is 0 Å². The van der Waals surface area contributed by atoms with E-state index in [9.17, 15) is 35.9 Å². The Kier molecular flexibility index (Phi) is 8.46. The van der Waals surface area contributed by atoms with Crippen molar-refractivity contribution in [3.8, 4) is 11.1 Å². The molecule has 218 valence electrons. The van der Waals surface area contributed by atoms with Crippen LogP contribution in [0.5, 0.6) is 0 Å². The maximum absolute atomic E-state index is 12.9. The lowest BCUT2D eigenvalue weighted by Crippen LogP contribution is -2.20. The molecular formula is C30H24F6N4O2. The summed E-state index contributed by atoms with van der Waals surface area (Å²) in [5.74, 6) is 0. The predicted octanol–water partition coefficient (Wildman–Crippen LogP) is 9.30. The normalized spacial score (nSPS) is 11.5. The van der Waals surface area contributed by atoms with Crippen LogP contribution in [0, 0.1) is 13.8 Å². The number of aryl methyl sites for hydroxylation is 2. The number of hydrogen-bond acceptors (Lipinski definition) is 2. The highest BCUT2D eigenvalue weighted by Crippen LogP contribution is 2.33. The monoisotopic (exact) mass is 586 g/mol. The smallest absolute Gasteiger partial charge is 0.308 e. The summed E-state index contributed by atoms with van der Waals surface area (Å²) in [5, 5.41) is 9.96. The number of alkyl halides is 6. The van der Waals surface area contributed by atoms with E-state index in [4.69, 9.17) is 0 Å². The van der Waals surface area contributed by atoms with Crippen LogP contribution in [0.3, 0.4) is 0 Å².